The lowest BCUT2D eigenvalue weighted by Gasteiger charge is -2.38. The normalized spacial score (nSPS) is 24.7. The van der Waals surface area contributed by atoms with E-state index in [1.54, 1.807) is 12.1 Å². The van der Waals surface area contributed by atoms with E-state index in [9.17, 15) is 9.18 Å². The molecule has 1 aromatic carbocycles. The molecule has 0 aromatic heterocycles. The summed E-state index contributed by atoms with van der Waals surface area (Å²) in [5.74, 6) is 0.465. The van der Waals surface area contributed by atoms with Gasteiger partial charge in [-0.05, 0) is 68.8 Å². The maximum absolute atomic E-state index is 13.2. The van der Waals surface area contributed by atoms with Crippen molar-refractivity contribution in [2.24, 2.45) is 5.92 Å². The first kappa shape index (κ1) is 21.1. The Morgan fingerprint density at radius 3 is 2.73 bits per heavy atom. The Hall–Kier alpha value is -1.17. The molecule has 1 amide bonds. The van der Waals surface area contributed by atoms with Crippen LogP contribution in [0.15, 0.2) is 24.3 Å². The molecule has 2 fully saturated rings. The number of hydrogen-bond donors (Lipinski definition) is 2. The number of piperidine rings is 1. The quantitative estimate of drug-likeness (QED) is 0.792. The van der Waals surface area contributed by atoms with Crippen LogP contribution in [0.25, 0.3) is 0 Å². The van der Waals surface area contributed by atoms with Crippen molar-refractivity contribution in [1.29, 1.82) is 0 Å². The number of nitrogens with one attached hydrogen (secondary N) is 2. The van der Waals surface area contributed by atoms with Gasteiger partial charge in [0.25, 0.3) is 0 Å². The van der Waals surface area contributed by atoms with Crippen LogP contribution in [0.2, 0.25) is 0 Å². The fraction of sp³-hybridized carbons (Fsp3) is 0.650. The molecule has 2 N–H and O–H groups in total. The summed E-state index contributed by atoms with van der Waals surface area (Å²) in [7, 11) is 0. The molecular weight excluding hydrogens is 353 g/mol. The standard InChI is InChI=1S/C20H30FN3O.ClH/c1-2-19(16-7-9-17(21)10-8-16)24-12-4-5-15(14-24)13-23-20(25)18-6-3-11-22-18;/h7-10,15,18-19,22H,2-6,11-14H2,1H3,(H,23,25);1H. The van der Waals surface area contributed by atoms with Gasteiger partial charge in [-0.25, -0.2) is 4.39 Å². The van der Waals surface area contributed by atoms with Gasteiger partial charge < -0.3 is 10.6 Å². The molecule has 0 radical (unpaired) electrons. The van der Waals surface area contributed by atoms with Crippen molar-refractivity contribution < 1.29 is 9.18 Å². The summed E-state index contributed by atoms with van der Waals surface area (Å²) in [6, 6.07) is 7.24. The average molecular weight is 384 g/mol. The molecule has 2 saturated heterocycles. The van der Waals surface area contributed by atoms with E-state index in [0.29, 0.717) is 12.0 Å². The minimum atomic E-state index is -0.182. The molecule has 2 aliphatic rings. The predicted octanol–water partition coefficient (Wildman–Crippen LogP) is 3.28. The zero-order chi connectivity index (χ0) is 17.6. The number of benzene rings is 1. The number of carbonyl (C=O) groups is 1. The highest BCUT2D eigenvalue weighted by Crippen LogP contribution is 2.29. The molecule has 3 rings (SSSR count). The second-order valence-electron chi connectivity index (χ2n) is 7.37. The van der Waals surface area contributed by atoms with Crippen LogP contribution in [0.4, 0.5) is 4.39 Å². The van der Waals surface area contributed by atoms with Gasteiger partial charge in [-0.1, -0.05) is 19.1 Å². The van der Waals surface area contributed by atoms with Crippen molar-refractivity contribution >= 4 is 18.3 Å². The van der Waals surface area contributed by atoms with Gasteiger partial charge >= 0.3 is 0 Å². The van der Waals surface area contributed by atoms with Crippen LogP contribution in [0, 0.1) is 11.7 Å². The maximum Gasteiger partial charge on any atom is 0.237 e. The van der Waals surface area contributed by atoms with Gasteiger partial charge in [0.1, 0.15) is 5.82 Å². The molecule has 0 aliphatic carbocycles. The van der Waals surface area contributed by atoms with Crippen LogP contribution in [-0.4, -0.2) is 43.0 Å². The highest BCUT2D eigenvalue weighted by atomic mass is 35.5. The fourth-order valence-electron chi connectivity index (χ4n) is 4.21. The van der Waals surface area contributed by atoms with E-state index >= 15 is 0 Å². The zero-order valence-corrected chi connectivity index (χ0v) is 16.4. The third kappa shape index (κ3) is 5.41. The van der Waals surface area contributed by atoms with Crippen molar-refractivity contribution in [3.8, 4) is 0 Å². The Kier molecular flexibility index (Phi) is 8.32. The first-order valence-electron chi connectivity index (χ1n) is 9.68. The molecule has 2 aliphatic heterocycles. The molecule has 2 heterocycles. The molecule has 0 bridgehead atoms. The number of likely N-dealkylation sites (tertiary alicyclic amines) is 1. The Labute approximate surface area is 162 Å². The summed E-state index contributed by atoms with van der Waals surface area (Å²) in [6.45, 7) is 5.96. The number of halogens is 2. The van der Waals surface area contributed by atoms with Crippen molar-refractivity contribution in [2.45, 2.75) is 51.1 Å². The predicted molar refractivity (Wildman–Crippen MR) is 105 cm³/mol. The van der Waals surface area contributed by atoms with E-state index in [2.05, 4.69) is 22.5 Å². The third-order valence-electron chi connectivity index (χ3n) is 5.57. The van der Waals surface area contributed by atoms with Crippen LogP contribution in [0.3, 0.4) is 0 Å². The molecule has 26 heavy (non-hydrogen) atoms. The SMILES string of the molecule is CCC(c1ccc(F)cc1)N1CCCC(CNC(=O)C2CCCN2)C1.Cl. The minimum Gasteiger partial charge on any atom is -0.354 e. The lowest BCUT2D eigenvalue weighted by Crippen LogP contribution is -2.46. The van der Waals surface area contributed by atoms with E-state index in [1.165, 1.54) is 5.56 Å². The Balaban J connectivity index is 0.00000243. The molecule has 3 atom stereocenters. The van der Waals surface area contributed by atoms with Crippen molar-refractivity contribution in [3.63, 3.8) is 0 Å². The van der Waals surface area contributed by atoms with E-state index < -0.39 is 0 Å². The largest absolute Gasteiger partial charge is 0.354 e. The van der Waals surface area contributed by atoms with Gasteiger partial charge in [-0.3, -0.25) is 9.69 Å². The van der Waals surface area contributed by atoms with Crippen LogP contribution in [0.5, 0.6) is 0 Å². The molecule has 1 aromatic rings. The molecule has 4 nitrogen and oxygen atoms in total. The molecule has 3 unspecified atom stereocenters. The van der Waals surface area contributed by atoms with E-state index in [1.807, 2.05) is 12.1 Å². The molecule has 0 saturated carbocycles. The maximum atomic E-state index is 13.2. The smallest absolute Gasteiger partial charge is 0.237 e. The second-order valence-corrected chi connectivity index (χ2v) is 7.37. The topological polar surface area (TPSA) is 44.4 Å². The molecule has 6 heteroatoms. The van der Waals surface area contributed by atoms with Gasteiger partial charge in [-0.2, -0.15) is 0 Å². The Morgan fingerprint density at radius 1 is 1.31 bits per heavy atom. The zero-order valence-electron chi connectivity index (χ0n) is 15.5. The summed E-state index contributed by atoms with van der Waals surface area (Å²) in [5.41, 5.74) is 1.18. The fourth-order valence-corrected chi connectivity index (χ4v) is 4.21. The molecule has 0 spiro atoms. The van der Waals surface area contributed by atoms with Crippen molar-refractivity contribution in [2.75, 3.05) is 26.2 Å². The summed E-state index contributed by atoms with van der Waals surface area (Å²) in [5, 5.41) is 6.39. The van der Waals surface area contributed by atoms with Gasteiger partial charge in [0.2, 0.25) is 5.91 Å². The summed E-state index contributed by atoms with van der Waals surface area (Å²) in [4.78, 5) is 14.7. The molecular formula is C20H31ClFN3O. The highest BCUT2D eigenvalue weighted by Gasteiger charge is 2.27. The van der Waals surface area contributed by atoms with E-state index in [-0.39, 0.29) is 30.2 Å². The number of amides is 1. The highest BCUT2D eigenvalue weighted by molar-refractivity contribution is 5.85. The Bertz CT molecular complexity index is 563. The number of hydrogen-bond acceptors (Lipinski definition) is 3. The Morgan fingerprint density at radius 2 is 2.08 bits per heavy atom. The minimum absolute atomic E-state index is 0. The monoisotopic (exact) mass is 383 g/mol. The lowest BCUT2D eigenvalue weighted by molar-refractivity contribution is -0.123. The summed E-state index contributed by atoms with van der Waals surface area (Å²) in [6.07, 6.45) is 5.36. The number of carbonyl (C=O) groups excluding carboxylic acids is 1. The van der Waals surface area contributed by atoms with Gasteiger partial charge in [0.15, 0.2) is 0 Å². The van der Waals surface area contributed by atoms with Crippen molar-refractivity contribution in [1.82, 2.24) is 15.5 Å². The average Bonchev–Trinajstić information content (AvgIpc) is 3.17. The van der Waals surface area contributed by atoms with Crippen molar-refractivity contribution in [3.05, 3.63) is 35.6 Å². The van der Waals surface area contributed by atoms with Crippen LogP contribution in [-0.2, 0) is 4.79 Å². The van der Waals surface area contributed by atoms with Gasteiger partial charge in [0, 0.05) is 19.1 Å². The number of nitrogens with zero attached hydrogens (tertiary/aromatic N) is 1. The first-order valence-corrected chi connectivity index (χ1v) is 9.68. The van der Waals surface area contributed by atoms with Crippen LogP contribution < -0.4 is 10.6 Å². The second kappa shape index (κ2) is 10.2. The third-order valence-corrected chi connectivity index (χ3v) is 5.57. The number of rotatable bonds is 6. The molecule has 146 valence electrons. The lowest BCUT2D eigenvalue weighted by atomic mass is 9.93. The first-order chi connectivity index (χ1) is 12.2. The van der Waals surface area contributed by atoms with E-state index in [4.69, 9.17) is 0 Å². The summed E-state index contributed by atoms with van der Waals surface area (Å²) < 4.78 is 13.2. The van der Waals surface area contributed by atoms with Crippen LogP contribution >= 0.6 is 12.4 Å². The van der Waals surface area contributed by atoms with Gasteiger partial charge in [-0.15, -0.1) is 12.4 Å². The van der Waals surface area contributed by atoms with Gasteiger partial charge in [0.05, 0.1) is 6.04 Å². The summed E-state index contributed by atoms with van der Waals surface area (Å²) >= 11 is 0. The van der Waals surface area contributed by atoms with Crippen LogP contribution in [0.1, 0.15) is 50.6 Å². The van der Waals surface area contributed by atoms with E-state index in [0.717, 1.165) is 58.3 Å².